The Morgan fingerprint density at radius 2 is 1.63 bits per heavy atom. The average Bonchev–Trinajstić information content (AvgIpc) is 2.39. The standard InChI is InChI=1S/C15H14ClF2N/c16-15-8-14(18)6-3-11(15)7-12(9-19)10-1-4-13(17)5-2-10/h1-6,8,12H,7,9,19H2. The van der Waals surface area contributed by atoms with Crippen molar-refractivity contribution in [2.75, 3.05) is 6.54 Å². The summed E-state index contributed by atoms with van der Waals surface area (Å²) in [5, 5.41) is 0.389. The zero-order chi connectivity index (χ0) is 13.8. The summed E-state index contributed by atoms with van der Waals surface area (Å²) >= 11 is 6.00. The highest BCUT2D eigenvalue weighted by atomic mass is 35.5. The maximum absolute atomic E-state index is 13.0. The number of benzene rings is 2. The molecule has 0 aliphatic heterocycles. The fourth-order valence-electron chi connectivity index (χ4n) is 2.02. The first-order chi connectivity index (χ1) is 9.10. The molecule has 0 aliphatic rings. The molecule has 0 saturated heterocycles. The highest BCUT2D eigenvalue weighted by Gasteiger charge is 2.13. The summed E-state index contributed by atoms with van der Waals surface area (Å²) in [7, 11) is 0. The van der Waals surface area contributed by atoms with E-state index in [0.29, 0.717) is 18.0 Å². The van der Waals surface area contributed by atoms with Gasteiger partial charge >= 0.3 is 0 Å². The van der Waals surface area contributed by atoms with E-state index in [9.17, 15) is 8.78 Å². The monoisotopic (exact) mass is 281 g/mol. The molecule has 2 aromatic rings. The van der Waals surface area contributed by atoms with Crippen LogP contribution in [0.2, 0.25) is 5.02 Å². The number of halogens is 3. The first-order valence-corrected chi connectivity index (χ1v) is 6.37. The highest BCUT2D eigenvalue weighted by Crippen LogP contribution is 2.25. The predicted molar refractivity (Wildman–Crippen MR) is 73.3 cm³/mol. The van der Waals surface area contributed by atoms with Gasteiger partial charge in [-0.2, -0.15) is 0 Å². The third kappa shape index (κ3) is 3.52. The summed E-state index contributed by atoms with van der Waals surface area (Å²) in [4.78, 5) is 0. The Morgan fingerprint density at radius 1 is 1.00 bits per heavy atom. The lowest BCUT2D eigenvalue weighted by Gasteiger charge is -2.16. The van der Waals surface area contributed by atoms with Crippen LogP contribution < -0.4 is 5.73 Å². The number of hydrogen-bond acceptors (Lipinski definition) is 1. The third-order valence-electron chi connectivity index (χ3n) is 3.11. The molecule has 0 saturated carbocycles. The van der Waals surface area contributed by atoms with Gasteiger partial charge in [0.15, 0.2) is 0 Å². The normalized spacial score (nSPS) is 12.4. The van der Waals surface area contributed by atoms with E-state index in [2.05, 4.69) is 0 Å². The van der Waals surface area contributed by atoms with Gasteiger partial charge in [0.1, 0.15) is 11.6 Å². The molecule has 4 heteroatoms. The Kier molecular flexibility index (Phi) is 4.51. The maximum Gasteiger partial charge on any atom is 0.124 e. The van der Waals surface area contributed by atoms with Crippen LogP contribution in [-0.4, -0.2) is 6.54 Å². The zero-order valence-electron chi connectivity index (χ0n) is 10.2. The molecule has 2 rings (SSSR count). The van der Waals surface area contributed by atoms with Crippen LogP contribution >= 0.6 is 11.6 Å². The van der Waals surface area contributed by atoms with Gasteiger partial charge < -0.3 is 5.73 Å². The van der Waals surface area contributed by atoms with Gasteiger partial charge in [0.05, 0.1) is 0 Å². The SMILES string of the molecule is NCC(Cc1ccc(F)cc1Cl)c1ccc(F)cc1. The van der Waals surface area contributed by atoms with Gasteiger partial charge in [-0.25, -0.2) is 8.78 Å². The summed E-state index contributed by atoms with van der Waals surface area (Å²) in [6, 6.07) is 10.6. The Labute approximate surface area is 116 Å². The largest absolute Gasteiger partial charge is 0.330 e. The second-order valence-electron chi connectivity index (χ2n) is 4.42. The van der Waals surface area contributed by atoms with E-state index in [1.807, 2.05) is 0 Å². The topological polar surface area (TPSA) is 26.0 Å². The van der Waals surface area contributed by atoms with Crippen molar-refractivity contribution in [2.45, 2.75) is 12.3 Å². The van der Waals surface area contributed by atoms with Gasteiger partial charge in [-0.05, 0) is 48.4 Å². The molecule has 2 N–H and O–H groups in total. The lowest BCUT2D eigenvalue weighted by atomic mass is 9.92. The second kappa shape index (κ2) is 6.13. The van der Waals surface area contributed by atoms with E-state index in [1.54, 1.807) is 18.2 Å². The molecule has 2 aromatic carbocycles. The minimum Gasteiger partial charge on any atom is -0.330 e. The van der Waals surface area contributed by atoms with Crippen LogP contribution in [0.15, 0.2) is 42.5 Å². The summed E-state index contributed by atoms with van der Waals surface area (Å²) in [5.41, 5.74) is 7.54. The van der Waals surface area contributed by atoms with Crippen LogP contribution in [0.25, 0.3) is 0 Å². The molecule has 0 aromatic heterocycles. The van der Waals surface area contributed by atoms with Crippen LogP contribution in [0.5, 0.6) is 0 Å². The third-order valence-corrected chi connectivity index (χ3v) is 3.46. The van der Waals surface area contributed by atoms with Crippen LogP contribution in [0.4, 0.5) is 8.78 Å². The van der Waals surface area contributed by atoms with Crippen molar-refractivity contribution in [3.8, 4) is 0 Å². The minimum absolute atomic E-state index is 0.0311. The molecule has 1 atom stereocenters. The van der Waals surface area contributed by atoms with E-state index in [4.69, 9.17) is 17.3 Å². The summed E-state index contributed by atoms with van der Waals surface area (Å²) in [6.45, 7) is 0.416. The smallest absolute Gasteiger partial charge is 0.124 e. The fraction of sp³-hybridized carbons (Fsp3) is 0.200. The Hall–Kier alpha value is -1.45. The lowest BCUT2D eigenvalue weighted by molar-refractivity contribution is 0.621. The first kappa shape index (κ1) is 14.0. The van der Waals surface area contributed by atoms with Crippen molar-refractivity contribution >= 4 is 11.6 Å². The van der Waals surface area contributed by atoms with Gasteiger partial charge in [0, 0.05) is 10.9 Å². The molecule has 0 aliphatic carbocycles. The summed E-state index contributed by atoms with van der Waals surface area (Å²) < 4.78 is 25.9. The minimum atomic E-state index is -0.361. The zero-order valence-corrected chi connectivity index (χ0v) is 11.0. The quantitative estimate of drug-likeness (QED) is 0.904. The van der Waals surface area contributed by atoms with Gasteiger partial charge in [0.25, 0.3) is 0 Å². The van der Waals surface area contributed by atoms with E-state index in [-0.39, 0.29) is 17.6 Å². The van der Waals surface area contributed by atoms with Crippen LogP contribution in [-0.2, 0) is 6.42 Å². The molecule has 0 heterocycles. The molecular formula is C15H14ClF2N. The van der Waals surface area contributed by atoms with Crippen molar-refractivity contribution in [3.63, 3.8) is 0 Å². The van der Waals surface area contributed by atoms with E-state index < -0.39 is 0 Å². The van der Waals surface area contributed by atoms with E-state index in [1.165, 1.54) is 24.3 Å². The summed E-state index contributed by atoms with van der Waals surface area (Å²) in [6.07, 6.45) is 0.598. The van der Waals surface area contributed by atoms with Crippen molar-refractivity contribution in [2.24, 2.45) is 5.73 Å². The number of hydrogen-bond donors (Lipinski definition) is 1. The Morgan fingerprint density at radius 3 is 2.21 bits per heavy atom. The second-order valence-corrected chi connectivity index (χ2v) is 4.83. The number of rotatable bonds is 4. The molecule has 1 unspecified atom stereocenters. The Balaban J connectivity index is 2.21. The molecule has 0 bridgehead atoms. The fourth-order valence-corrected chi connectivity index (χ4v) is 2.27. The molecule has 19 heavy (non-hydrogen) atoms. The average molecular weight is 282 g/mol. The Bertz CT molecular complexity index is 555. The molecule has 1 nitrogen and oxygen atoms in total. The van der Waals surface area contributed by atoms with Gasteiger partial charge in [-0.15, -0.1) is 0 Å². The molecule has 0 fully saturated rings. The first-order valence-electron chi connectivity index (χ1n) is 5.99. The van der Waals surface area contributed by atoms with Crippen molar-refractivity contribution < 1.29 is 8.78 Å². The van der Waals surface area contributed by atoms with Crippen molar-refractivity contribution in [1.82, 2.24) is 0 Å². The lowest BCUT2D eigenvalue weighted by Crippen LogP contribution is -2.15. The van der Waals surface area contributed by atoms with Gasteiger partial charge in [-0.1, -0.05) is 29.8 Å². The molecule has 0 amide bonds. The molecule has 0 radical (unpaired) electrons. The van der Waals surface area contributed by atoms with Crippen molar-refractivity contribution in [1.29, 1.82) is 0 Å². The molecular weight excluding hydrogens is 268 g/mol. The van der Waals surface area contributed by atoms with E-state index >= 15 is 0 Å². The summed E-state index contributed by atoms with van der Waals surface area (Å²) in [5.74, 6) is -0.609. The van der Waals surface area contributed by atoms with Crippen LogP contribution in [0.1, 0.15) is 17.0 Å². The predicted octanol–water partition coefficient (Wildman–Crippen LogP) is 3.90. The number of nitrogens with two attached hydrogens (primary N) is 1. The molecule has 100 valence electrons. The van der Waals surface area contributed by atoms with Gasteiger partial charge in [0.2, 0.25) is 0 Å². The molecule has 0 spiro atoms. The highest BCUT2D eigenvalue weighted by molar-refractivity contribution is 6.31. The van der Waals surface area contributed by atoms with Crippen LogP contribution in [0.3, 0.4) is 0 Å². The maximum atomic E-state index is 13.0. The van der Waals surface area contributed by atoms with Gasteiger partial charge in [-0.3, -0.25) is 0 Å². The van der Waals surface area contributed by atoms with Crippen molar-refractivity contribution in [3.05, 3.63) is 70.2 Å². The van der Waals surface area contributed by atoms with Crippen LogP contribution in [0, 0.1) is 11.6 Å². The van der Waals surface area contributed by atoms with E-state index in [0.717, 1.165) is 11.1 Å².